The summed E-state index contributed by atoms with van der Waals surface area (Å²) in [6, 6.07) is 0. The fourth-order valence-corrected chi connectivity index (χ4v) is 1.29. The Morgan fingerprint density at radius 3 is 2.21 bits per heavy atom. The Balaban J connectivity index is 4.52. The summed E-state index contributed by atoms with van der Waals surface area (Å²) in [6.45, 7) is 2.98. The van der Waals surface area contributed by atoms with Gasteiger partial charge in [0.1, 0.15) is 0 Å². The van der Waals surface area contributed by atoms with Crippen molar-refractivity contribution in [3.63, 3.8) is 0 Å². The second-order valence-electron chi connectivity index (χ2n) is 3.74. The van der Waals surface area contributed by atoms with E-state index in [4.69, 9.17) is 14.9 Å². The van der Waals surface area contributed by atoms with Gasteiger partial charge in [0.25, 0.3) is 0 Å². The number of carboxylic acid groups (broad SMARTS) is 2. The lowest BCUT2D eigenvalue weighted by Gasteiger charge is -2.25. The lowest BCUT2D eigenvalue weighted by molar-refractivity contribution is -0.154. The van der Waals surface area contributed by atoms with Crippen molar-refractivity contribution < 1.29 is 24.5 Å². The lowest BCUT2D eigenvalue weighted by Crippen LogP contribution is -2.35. The fourth-order valence-electron chi connectivity index (χ4n) is 1.29. The summed E-state index contributed by atoms with van der Waals surface area (Å²) < 4.78 is 4.78. The molecule has 0 fully saturated rings. The molecule has 2 atom stereocenters. The van der Waals surface area contributed by atoms with E-state index in [-0.39, 0.29) is 13.0 Å². The number of ether oxygens (including phenoxy) is 1. The molecule has 82 valence electrons. The summed E-state index contributed by atoms with van der Waals surface area (Å²) in [5.74, 6) is -2.72. The quantitative estimate of drug-likeness (QED) is 0.669. The van der Waals surface area contributed by atoms with Crippen molar-refractivity contribution >= 4 is 11.9 Å². The molecular formula is C9H16O5. The van der Waals surface area contributed by atoms with E-state index in [1.165, 1.54) is 21.0 Å². The van der Waals surface area contributed by atoms with Crippen molar-refractivity contribution in [2.24, 2.45) is 11.3 Å². The zero-order valence-electron chi connectivity index (χ0n) is 8.61. The summed E-state index contributed by atoms with van der Waals surface area (Å²) in [6.07, 6.45) is 0.0610. The molecule has 0 saturated heterocycles. The third-order valence-electron chi connectivity index (χ3n) is 2.16. The minimum absolute atomic E-state index is 0.0138. The molecule has 0 rings (SSSR count). The van der Waals surface area contributed by atoms with E-state index in [0.717, 1.165) is 0 Å². The van der Waals surface area contributed by atoms with E-state index in [9.17, 15) is 9.59 Å². The van der Waals surface area contributed by atoms with Crippen LogP contribution in [0.15, 0.2) is 0 Å². The largest absolute Gasteiger partial charge is 0.481 e. The van der Waals surface area contributed by atoms with E-state index in [0.29, 0.717) is 0 Å². The maximum Gasteiger partial charge on any atom is 0.311 e. The second kappa shape index (κ2) is 4.95. The smallest absolute Gasteiger partial charge is 0.311 e. The average molecular weight is 204 g/mol. The number of hydrogen-bond acceptors (Lipinski definition) is 3. The van der Waals surface area contributed by atoms with Crippen LogP contribution in [-0.2, 0) is 14.3 Å². The van der Waals surface area contributed by atoms with Gasteiger partial charge in [0.2, 0.25) is 0 Å². The highest BCUT2D eigenvalue weighted by Crippen LogP contribution is 2.26. The number of hydrogen-bond donors (Lipinski definition) is 2. The van der Waals surface area contributed by atoms with Crippen LogP contribution in [0.25, 0.3) is 0 Å². The Morgan fingerprint density at radius 1 is 1.43 bits per heavy atom. The maximum atomic E-state index is 10.9. The molecule has 0 heterocycles. The average Bonchev–Trinajstić information content (AvgIpc) is 2.03. The minimum Gasteiger partial charge on any atom is -0.481 e. The van der Waals surface area contributed by atoms with E-state index >= 15 is 0 Å². The third kappa shape index (κ3) is 3.33. The molecule has 0 aliphatic carbocycles. The van der Waals surface area contributed by atoms with Gasteiger partial charge in [-0.15, -0.1) is 0 Å². The molecule has 5 nitrogen and oxygen atoms in total. The molecule has 2 N–H and O–H groups in total. The first kappa shape index (κ1) is 12.9. The summed E-state index contributed by atoms with van der Waals surface area (Å²) in [4.78, 5) is 21.5. The Kier molecular flexibility index (Phi) is 4.56. The SMILES string of the molecule is COCC(C)(CC(C)C(=O)O)C(=O)O. The molecule has 2 unspecified atom stereocenters. The molecule has 0 aromatic heterocycles. The highest BCUT2D eigenvalue weighted by atomic mass is 16.5. The van der Waals surface area contributed by atoms with Gasteiger partial charge in [0.05, 0.1) is 17.9 Å². The van der Waals surface area contributed by atoms with Crippen LogP contribution in [0, 0.1) is 11.3 Å². The van der Waals surface area contributed by atoms with Crippen LogP contribution in [0.4, 0.5) is 0 Å². The van der Waals surface area contributed by atoms with Gasteiger partial charge >= 0.3 is 11.9 Å². The van der Waals surface area contributed by atoms with Gasteiger partial charge in [-0.25, -0.2) is 0 Å². The van der Waals surface area contributed by atoms with Crippen molar-refractivity contribution in [2.75, 3.05) is 13.7 Å². The highest BCUT2D eigenvalue weighted by Gasteiger charge is 2.36. The van der Waals surface area contributed by atoms with Crippen LogP contribution in [0.1, 0.15) is 20.3 Å². The van der Waals surface area contributed by atoms with Gasteiger partial charge in [0, 0.05) is 7.11 Å². The Labute approximate surface area is 82.7 Å². The molecular weight excluding hydrogens is 188 g/mol. The lowest BCUT2D eigenvalue weighted by atomic mass is 9.82. The van der Waals surface area contributed by atoms with Crippen molar-refractivity contribution in [1.29, 1.82) is 0 Å². The first-order chi connectivity index (χ1) is 6.33. The van der Waals surface area contributed by atoms with Gasteiger partial charge in [-0.1, -0.05) is 6.92 Å². The van der Waals surface area contributed by atoms with Gasteiger partial charge in [-0.2, -0.15) is 0 Å². The molecule has 0 radical (unpaired) electrons. The summed E-state index contributed by atoms with van der Waals surface area (Å²) in [7, 11) is 1.40. The number of carboxylic acids is 2. The van der Waals surface area contributed by atoms with Crippen LogP contribution in [0.2, 0.25) is 0 Å². The van der Waals surface area contributed by atoms with E-state index in [2.05, 4.69) is 0 Å². The minimum atomic E-state index is -1.13. The van der Waals surface area contributed by atoms with E-state index in [1.54, 1.807) is 0 Å². The molecule has 0 saturated carbocycles. The highest BCUT2D eigenvalue weighted by molar-refractivity contribution is 5.76. The summed E-state index contributed by atoms with van der Waals surface area (Å²) >= 11 is 0. The normalized spacial score (nSPS) is 17.1. The van der Waals surface area contributed by atoms with E-state index < -0.39 is 23.3 Å². The molecule has 0 aromatic carbocycles. The molecule has 0 aliphatic rings. The Hall–Kier alpha value is -1.10. The summed E-state index contributed by atoms with van der Waals surface area (Å²) in [5.41, 5.74) is -1.13. The van der Waals surface area contributed by atoms with Crippen molar-refractivity contribution in [1.82, 2.24) is 0 Å². The van der Waals surface area contributed by atoms with Crippen molar-refractivity contribution in [3.05, 3.63) is 0 Å². The zero-order chi connectivity index (χ0) is 11.4. The van der Waals surface area contributed by atoms with Crippen LogP contribution in [0.3, 0.4) is 0 Å². The number of carbonyl (C=O) groups is 2. The fraction of sp³-hybridized carbons (Fsp3) is 0.778. The Morgan fingerprint density at radius 2 is 1.93 bits per heavy atom. The van der Waals surface area contributed by atoms with Crippen LogP contribution in [0.5, 0.6) is 0 Å². The number of methoxy groups -OCH3 is 1. The topological polar surface area (TPSA) is 83.8 Å². The Bertz CT molecular complexity index is 225. The van der Waals surface area contributed by atoms with E-state index in [1.807, 2.05) is 0 Å². The molecule has 0 amide bonds. The third-order valence-corrected chi connectivity index (χ3v) is 2.16. The predicted octanol–water partition coefficient (Wildman–Crippen LogP) is 0.835. The molecule has 0 aromatic rings. The predicted molar refractivity (Wildman–Crippen MR) is 49.0 cm³/mol. The first-order valence-electron chi connectivity index (χ1n) is 4.28. The standard InChI is InChI=1S/C9H16O5/c1-6(7(10)11)4-9(2,5-14-3)8(12)13/h6H,4-5H2,1-3H3,(H,10,11)(H,12,13). The van der Waals surface area contributed by atoms with Crippen LogP contribution in [-0.4, -0.2) is 35.9 Å². The second-order valence-corrected chi connectivity index (χ2v) is 3.74. The zero-order valence-corrected chi connectivity index (χ0v) is 8.61. The number of rotatable bonds is 6. The molecule has 5 heteroatoms. The molecule has 14 heavy (non-hydrogen) atoms. The molecule has 0 spiro atoms. The van der Waals surface area contributed by atoms with Gasteiger partial charge in [-0.05, 0) is 13.3 Å². The number of aliphatic carboxylic acids is 2. The maximum absolute atomic E-state index is 10.9. The van der Waals surface area contributed by atoms with Gasteiger partial charge in [0.15, 0.2) is 0 Å². The van der Waals surface area contributed by atoms with Crippen molar-refractivity contribution in [2.45, 2.75) is 20.3 Å². The van der Waals surface area contributed by atoms with Crippen molar-refractivity contribution in [3.8, 4) is 0 Å². The summed E-state index contributed by atoms with van der Waals surface area (Å²) in [5, 5.41) is 17.6. The monoisotopic (exact) mass is 204 g/mol. The van der Waals surface area contributed by atoms with Crippen LogP contribution >= 0.6 is 0 Å². The van der Waals surface area contributed by atoms with Gasteiger partial charge in [-0.3, -0.25) is 9.59 Å². The first-order valence-corrected chi connectivity index (χ1v) is 4.28. The molecule has 0 aliphatic heterocycles. The van der Waals surface area contributed by atoms with Gasteiger partial charge < -0.3 is 14.9 Å². The van der Waals surface area contributed by atoms with Crippen LogP contribution < -0.4 is 0 Å². The molecule has 0 bridgehead atoms.